The Hall–Kier alpha value is -1.21. The molecule has 0 unspecified atom stereocenters. The van der Waals surface area contributed by atoms with Crippen LogP contribution in [0.2, 0.25) is 0 Å². The van der Waals surface area contributed by atoms with Crippen molar-refractivity contribution in [1.82, 2.24) is 0 Å². The van der Waals surface area contributed by atoms with E-state index in [0.29, 0.717) is 0 Å². The number of alkyl halides is 6. The van der Waals surface area contributed by atoms with E-state index in [1.165, 1.54) is 0 Å². The molecule has 0 aliphatic carbocycles. The Morgan fingerprint density at radius 3 is 2.12 bits per heavy atom. The van der Waals surface area contributed by atoms with Crippen molar-refractivity contribution in [2.75, 3.05) is 6.61 Å². The number of rotatable bonds is 6. The standard InChI is InChI=1S/C9H10F6O2/c1-5(2)6(16)17-4-8(12,13)3-9(14,15)7(10)11/h7H,1,3-4H2,2H3. The summed E-state index contributed by atoms with van der Waals surface area (Å²) in [4.78, 5) is 10.7. The van der Waals surface area contributed by atoms with Crippen LogP contribution in [0.25, 0.3) is 0 Å². The molecule has 0 radical (unpaired) electrons. The fourth-order valence-corrected chi connectivity index (χ4v) is 0.767. The molecule has 0 aromatic carbocycles. The molecule has 0 saturated carbocycles. The van der Waals surface area contributed by atoms with Crippen molar-refractivity contribution in [2.45, 2.75) is 31.6 Å². The van der Waals surface area contributed by atoms with Crippen LogP contribution in [0.1, 0.15) is 13.3 Å². The molecule has 100 valence electrons. The van der Waals surface area contributed by atoms with Crippen LogP contribution < -0.4 is 0 Å². The second kappa shape index (κ2) is 5.42. The van der Waals surface area contributed by atoms with Gasteiger partial charge >= 0.3 is 18.3 Å². The smallest absolute Gasteiger partial charge is 0.333 e. The van der Waals surface area contributed by atoms with Crippen molar-refractivity contribution in [3.05, 3.63) is 12.2 Å². The van der Waals surface area contributed by atoms with Crippen molar-refractivity contribution in [3.8, 4) is 0 Å². The Labute approximate surface area is 93.2 Å². The number of hydrogen-bond acceptors (Lipinski definition) is 2. The first-order valence-corrected chi connectivity index (χ1v) is 4.34. The van der Waals surface area contributed by atoms with Crippen molar-refractivity contribution in [3.63, 3.8) is 0 Å². The van der Waals surface area contributed by atoms with E-state index in [1.54, 1.807) is 0 Å². The van der Waals surface area contributed by atoms with E-state index < -0.39 is 37.3 Å². The largest absolute Gasteiger partial charge is 0.456 e. The number of hydrogen-bond donors (Lipinski definition) is 0. The summed E-state index contributed by atoms with van der Waals surface area (Å²) in [6.07, 6.45) is -6.59. The molecule has 0 saturated heterocycles. The van der Waals surface area contributed by atoms with Crippen molar-refractivity contribution < 1.29 is 35.9 Å². The summed E-state index contributed by atoms with van der Waals surface area (Å²) in [6.45, 7) is 2.54. The molecule has 0 atom stereocenters. The maximum atomic E-state index is 12.8. The van der Waals surface area contributed by atoms with Gasteiger partial charge in [0.1, 0.15) is 0 Å². The van der Waals surface area contributed by atoms with E-state index in [9.17, 15) is 31.1 Å². The van der Waals surface area contributed by atoms with E-state index in [2.05, 4.69) is 11.3 Å². The van der Waals surface area contributed by atoms with Crippen molar-refractivity contribution >= 4 is 5.97 Å². The lowest BCUT2D eigenvalue weighted by molar-refractivity contribution is -0.194. The van der Waals surface area contributed by atoms with Crippen LogP contribution in [0.5, 0.6) is 0 Å². The third kappa shape index (κ3) is 5.60. The molecule has 0 amide bonds. The Kier molecular flexibility index (Phi) is 5.03. The second-order valence-electron chi connectivity index (χ2n) is 3.45. The summed E-state index contributed by atoms with van der Waals surface area (Å²) < 4.78 is 77.5. The van der Waals surface area contributed by atoms with Crippen LogP contribution in [-0.4, -0.2) is 30.8 Å². The molecular formula is C9H10F6O2. The highest BCUT2D eigenvalue weighted by atomic mass is 19.3. The van der Waals surface area contributed by atoms with E-state index in [4.69, 9.17) is 0 Å². The molecule has 17 heavy (non-hydrogen) atoms. The van der Waals surface area contributed by atoms with Crippen LogP contribution in [0.15, 0.2) is 12.2 Å². The van der Waals surface area contributed by atoms with Gasteiger partial charge in [-0.1, -0.05) is 6.58 Å². The molecule has 0 bridgehead atoms. The molecule has 0 aliphatic heterocycles. The zero-order chi connectivity index (χ0) is 13.9. The van der Waals surface area contributed by atoms with Gasteiger partial charge in [-0.3, -0.25) is 0 Å². The molecule has 0 N–H and O–H groups in total. The minimum absolute atomic E-state index is 0.207. The van der Waals surface area contributed by atoms with Gasteiger partial charge in [-0.25, -0.2) is 31.1 Å². The van der Waals surface area contributed by atoms with E-state index in [-0.39, 0.29) is 5.57 Å². The van der Waals surface area contributed by atoms with E-state index in [0.717, 1.165) is 6.92 Å². The van der Waals surface area contributed by atoms with Crippen LogP contribution >= 0.6 is 0 Å². The topological polar surface area (TPSA) is 26.3 Å². The second-order valence-corrected chi connectivity index (χ2v) is 3.45. The van der Waals surface area contributed by atoms with Gasteiger partial charge in [-0.2, -0.15) is 0 Å². The molecule has 2 nitrogen and oxygen atoms in total. The molecule has 0 rings (SSSR count). The molecule has 0 aromatic heterocycles. The molecule has 0 aromatic rings. The predicted molar refractivity (Wildman–Crippen MR) is 46.3 cm³/mol. The van der Waals surface area contributed by atoms with Gasteiger partial charge in [-0.05, 0) is 6.92 Å². The SMILES string of the molecule is C=C(C)C(=O)OCC(F)(F)CC(F)(F)C(F)F. The summed E-state index contributed by atoms with van der Waals surface area (Å²) in [6, 6.07) is 0. The van der Waals surface area contributed by atoms with Gasteiger partial charge in [0.15, 0.2) is 6.61 Å². The highest BCUT2D eigenvalue weighted by Crippen LogP contribution is 2.35. The number of carbonyl (C=O) groups excluding carboxylic acids is 1. The van der Waals surface area contributed by atoms with Crippen LogP contribution in [-0.2, 0) is 9.53 Å². The van der Waals surface area contributed by atoms with Gasteiger partial charge in [0, 0.05) is 5.57 Å². The Morgan fingerprint density at radius 2 is 1.76 bits per heavy atom. The maximum Gasteiger partial charge on any atom is 0.333 e. The van der Waals surface area contributed by atoms with Crippen LogP contribution in [0.4, 0.5) is 26.3 Å². The first-order chi connectivity index (χ1) is 7.48. The first-order valence-electron chi connectivity index (χ1n) is 4.34. The highest BCUT2D eigenvalue weighted by molar-refractivity contribution is 5.86. The lowest BCUT2D eigenvalue weighted by Crippen LogP contribution is -2.38. The Bertz CT molecular complexity index is 300. The lowest BCUT2D eigenvalue weighted by Gasteiger charge is -2.22. The zero-order valence-electron chi connectivity index (χ0n) is 8.78. The molecule has 0 aliphatic rings. The quantitative estimate of drug-likeness (QED) is 0.418. The summed E-state index contributed by atoms with van der Waals surface area (Å²) >= 11 is 0. The fourth-order valence-electron chi connectivity index (χ4n) is 0.767. The zero-order valence-corrected chi connectivity index (χ0v) is 8.78. The van der Waals surface area contributed by atoms with Gasteiger partial charge in [0.2, 0.25) is 0 Å². The molecular weight excluding hydrogens is 254 g/mol. The number of esters is 1. The van der Waals surface area contributed by atoms with Gasteiger partial charge < -0.3 is 4.74 Å². The van der Waals surface area contributed by atoms with Crippen molar-refractivity contribution in [1.29, 1.82) is 0 Å². The highest BCUT2D eigenvalue weighted by Gasteiger charge is 2.50. The number of carbonyl (C=O) groups is 1. The minimum atomic E-state index is -4.83. The molecule has 0 fully saturated rings. The molecule has 0 spiro atoms. The number of halogens is 6. The minimum Gasteiger partial charge on any atom is -0.456 e. The van der Waals surface area contributed by atoms with Gasteiger partial charge in [0.25, 0.3) is 5.92 Å². The molecule has 0 heterocycles. The Balaban J connectivity index is 4.40. The van der Waals surface area contributed by atoms with E-state index in [1.807, 2.05) is 0 Å². The van der Waals surface area contributed by atoms with E-state index >= 15 is 0 Å². The predicted octanol–water partition coefficient (Wildman–Crippen LogP) is 3.03. The third-order valence-electron chi connectivity index (χ3n) is 1.58. The third-order valence-corrected chi connectivity index (χ3v) is 1.58. The van der Waals surface area contributed by atoms with Crippen molar-refractivity contribution in [2.24, 2.45) is 0 Å². The summed E-state index contributed by atoms with van der Waals surface area (Å²) in [5, 5.41) is 0. The van der Waals surface area contributed by atoms with Crippen LogP contribution in [0.3, 0.4) is 0 Å². The maximum absolute atomic E-state index is 12.8. The summed E-state index contributed by atoms with van der Waals surface area (Å²) in [7, 11) is 0. The van der Waals surface area contributed by atoms with Crippen LogP contribution in [0, 0.1) is 0 Å². The monoisotopic (exact) mass is 264 g/mol. The average molecular weight is 264 g/mol. The van der Waals surface area contributed by atoms with Gasteiger partial charge in [-0.15, -0.1) is 0 Å². The normalized spacial score (nSPS) is 12.7. The average Bonchev–Trinajstić information content (AvgIpc) is 2.12. The lowest BCUT2D eigenvalue weighted by atomic mass is 10.1. The Morgan fingerprint density at radius 1 is 1.29 bits per heavy atom. The number of ether oxygens (including phenoxy) is 1. The fraction of sp³-hybridized carbons (Fsp3) is 0.667. The first kappa shape index (κ1) is 15.8. The summed E-state index contributed by atoms with van der Waals surface area (Å²) in [5.41, 5.74) is -0.207. The molecule has 8 heteroatoms. The summed E-state index contributed by atoms with van der Waals surface area (Å²) in [5.74, 6) is -10.3. The van der Waals surface area contributed by atoms with Gasteiger partial charge in [0.05, 0.1) is 6.42 Å².